The van der Waals surface area contributed by atoms with Gasteiger partial charge < -0.3 is 0 Å². The molecule has 0 unspecified atom stereocenters. The van der Waals surface area contributed by atoms with Gasteiger partial charge in [0.15, 0.2) is 0 Å². The third-order valence-electron chi connectivity index (χ3n) is 4.53. The van der Waals surface area contributed by atoms with Crippen molar-refractivity contribution in [3.63, 3.8) is 0 Å². The van der Waals surface area contributed by atoms with Crippen molar-refractivity contribution < 1.29 is 13.2 Å². The first kappa shape index (κ1) is 16.8. The Hall–Kier alpha value is -1.54. The summed E-state index contributed by atoms with van der Waals surface area (Å²) in [6.07, 6.45) is -3.58. The Labute approximate surface area is 129 Å². The molecule has 0 amide bonds. The minimum atomic E-state index is -4.43. The highest BCUT2D eigenvalue weighted by Crippen LogP contribution is 2.43. The second-order valence-corrected chi connectivity index (χ2v) is 6.90. The standard InChI is InChI=1S/C17H21F3N2/c1-15(2,3)22-10-8-16(12-21,9-11-22)13-6-4-5-7-14(13)17(18,19)20/h4-7H,8-11H2,1-3H3. The molecule has 0 N–H and O–H groups in total. The highest BCUT2D eigenvalue weighted by Gasteiger charge is 2.44. The van der Waals surface area contributed by atoms with Crippen molar-refractivity contribution in [2.24, 2.45) is 0 Å². The molecule has 0 saturated carbocycles. The molecule has 1 fully saturated rings. The van der Waals surface area contributed by atoms with E-state index in [2.05, 4.69) is 31.7 Å². The summed E-state index contributed by atoms with van der Waals surface area (Å²) in [4.78, 5) is 2.22. The Morgan fingerprint density at radius 2 is 1.64 bits per heavy atom. The van der Waals surface area contributed by atoms with Crippen LogP contribution in [-0.4, -0.2) is 23.5 Å². The van der Waals surface area contributed by atoms with Crippen molar-refractivity contribution in [2.45, 2.75) is 50.7 Å². The predicted octanol–water partition coefficient (Wildman–Crippen LogP) is 4.36. The monoisotopic (exact) mass is 310 g/mol. The number of halogens is 3. The van der Waals surface area contributed by atoms with Gasteiger partial charge in [0.2, 0.25) is 0 Å². The van der Waals surface area contributed by atoms with Crippen LogP contribution in [0, 0.1) is 11.3 Å². The van der Waals surface area contributed by atoms with Crippen LogP contribution in [0.15, 0.2) is 24.3 Å². The number of piperidine rings is 1. The maximum absolute atomic E-state index is 13.3. The SMILES string of the molecule is CC(C)(C)N1CCC(C#N)(c2ccccc2C(F)(F)F)CC1. The van der Waals surface area contributed by atoms with E-state index in [1.54, 1.807) is 6.07 Å². The maximum Gasteiger partial charge on any atom is 0.416 e. The predicted molar refractivity (Wildman–Crippen MR) is 79.3 cm³/mol. The molecular formula is C17H21F3N2. The van der Waals surface area contributed by atoms with Crippen molar-refractivity contribution in [3.8, 4) is 6.07 Å². The van der Waals surface area contributed by atoms with Gasteiger partial charge in [0.25, 0.3) is 0 Å². The van der Waals surface area contributed by atoms with Gasteiger partial charge in [-0.15, -0.1) is 0 Å². The lowest BCUT2D eigenvalue weighted by Gasteiger charge is -2.44. The minimum Gasteiger partial charge on any atom is -0.298 e. The molecule has 22 heavy (non-hydrogen) atoms. The summed E-state index contributed by atoms with van der Waals surface area (Å²) in [5.41, 5.74) is -1.64. The topological polar surface area (TPSA) is 27.0 Å². The zero-order valence-corrected chi connectivity index (χ0v) is 13.2. The molecule has 2 rings (SSSR count). The highest BCUT2D eigenvalue weighted by atomic mass is 19.4. The number of nitrogens with zero attached hydrogens (tertiary/aromatic N) is 2. The number of rotatable bonds is 1. The molecule has 0 atom stereocenters. The average Bonchev–Trinajstić information content (AvgIpc) is 2.45. The van der Waals surface area contributed by atoms with Crippen LogP contribution in [0.25, 0.3) is 0 Å². The fourth-order valence-corrected chi connectivity index (χ4v) is 3.15. The zero-order chi connectivity index (χ0) is 16.6. The molecule has 5 heteroatoms. The first-order valence-corrected chi connectivity index (χ1v) is 7.43. The molecule has 1 aliphatic rings. The highest BCUT2D eigenvalue weighted by molar-refractivity contribution is 5.41. The van der Waals surface area contributed by atoms with Crippen LogP contribution in [0.2, 0.25) is 0 Å². The van der Waals surface area contributed by atoms with Crippen molar-refractivity contribution in [2.75, 3.05) is 13.1 Å². The van der Waals surface area contributed by atoms with E-state index >= 15 is 0 Å². The number of likely N-dealkylation sites (tertiary alicyclic amines) is 1. The van der Waals surface area contributed by atoms with Crippen LogP contribution in [0.3, 0.4) is 0 Å². The van der Waals surface area contributed by atoms with Gasteiger partial charge in [0.05, 0.1) is 17.0 Å². The summed E-state index contributed by atoms with van der Waals surface area (Å²) in [7, 11) is 0. The Kier molecular flexibility index (Phi) is 4.27. The Morgan fingerprint density at radius 1 is 1.09 bits per heavy atom. The van der Waals surface area contributed by atoms with E-state index in [9.17, 15) is 18.4 Å². The quantitative estimate of drug-likeness (QED) is 0.770. The van der Waals surface area contributed by atoms with E-state index in [-0.39, 0.29) is 11.1 Å². The fourth-order valence-electron chi connectivity index (χ4n) is 3.15. The maximum atomic E-state index is 13.3. The second-order valence-electron chi connectivity index (χ2n) is 6.90. The van der Waals surface area contributed by atoms with Gasteiger partial charge in [0.1, 0.15) is 0 Å². The first-order chi connectivity index (χ1) is 10.1. The molecule has 1 heterocycles. The normalized spacial score (nSPS) is 19.7. The van der Waals surface area contributed by atoms with Crippen molar-refractivity contribution in [1.82, 2.24) is 4.90 Å². The second kappa shape index (κ2) is 5.58. The number of benzene rings is 1. The Bertz CT molecular complexity index is 571. The fraction of sp³-hybridized carbons (Fsp3) is 0.588. The lowest BCUT2D eigenvalue weighted by atomic mass is 9.71. The molecule has 0 radical (unpaired) electrons. The van der Waals surface area contributed by atoms with E-state index in [0.29, 0.717) is 25.9 Å². The molecule has 1 aromatic rings. The van der Waals surface area contributed by atoms with E-state index in [0.717, 1.165) is 6.07 Å². The number of hydrogen-bond acceptors (Lipinski definition) is 2. The number of nitriles is 1. The lowest BCUT2D eigenvalue weighted by Crippen LogP contribution is -2.50. The minimum absolute atomic E-state index is 0.0365. The van der Waals surface area contributed by atoms with Gasteiger partial charge >= 0.3 is 6.18 Å². The van der Waals surface area contributed by atoms with E-state index in [4.69, 9.17) is 0 Å². The molecule has 0 aliphatic carbocycles. The molecule has 1 aromatic carbocycles. The smallest absolute Gasteiger partial charge is 0.298 e. The third-order valence-corrected chi connectivity index (χ3v) is 4.53. The van der Waals surface area contributed by atoms with E-state index in [1.165, 1.54) is 12.1 Å². The van der Waals surface area contributed by atoms with E-state index < -0.39 is 17.2 Å². The van der Waals surface area contributed by atoms with Gasteiger partial charge in [-0.3, -0.25) is 4.90 Å². The Balaban J connectivity index is 2.38. The number of alkyl halides is 3. The van der Waals surface area contributed by atoms with Gasteiger partial charge in [-0.2, -0.15) is 18.4 Å². The van der Waals surface area contributed by atoms with E-state index in [1.807, 2.05) is 0 Å². The number of hydrogen-bond donors (Lipinski definition) is 0. The summed E-state index contributed by atoms with van der Waals surface area (Å²) < 4.78 is 39.8. The van der Waals surface area contributed by atoms with Gasteiger partial charge in [-0.05, 0) is 45.2 Å². The molecule has 1 aliphatic heterocycles. The molecule has 1 saturated heterocycles. The van der Waals surface area contributed by atoms with Crippen LogP contribution in [-0.2, 0) is 11.6 Å². The first-order valence-electron chi connectivity index (χ1n) is 7.43. The summed E-state index contributed by atoms with van der Waals surface area (Å²) >= 11 is 0. The van der Waals surface area contributed by atoms with Crippen molar-refractivity contribution >= 4 is 0 Å². The Morgan fingerprint density at radius 3 is 2.09 bits per heavy atom. The van der Waals surface area contributed by atoms with Crippen LogP contribution in [0.1, 0.15) is 44.7 Å². The largest absolute Gasteiger partial charge is 0.416 e. The molecule has 0 bridgehead atoms. The third kappa shape index (κ3) is 3.12. The molecule has 0 aromatic heterocycles. The van der Waals surface area contributed by atoms with Crippen LogP contribution in [0.5, 0.6) is 0 Å². The molecule has 2 nitrogen and oxygen atoms in total. The van der Waals surface area contributed by atoms with Crippen molar-refractivity contribution in [1.29, 1.82) is 5.26 Å². The summed E-state index contributed by atoms with van der Waals surface area (Å²) in [5, 5.41) is 9.64. The van der Waals surface area contributed by atoms with Crippen LogP contribution in [0.4, 0.5) is 13.2 Å². The van der Waals surface area contributed by atoms with Crippen LogP contribution < -0.4 is 0 Å². The summed E-state index contributed by atoms with van der Waals surface area (Å²) in [6, 6.07) is 7.68. The van der Waals surface area contributed by atoms with Crippen LogP contribution >= 0.6 is 0 Å². The molecule has 120 valence electrons. The lowest BCUT2D eigenvalue weighted by molar-refractivity contribution is -0.138. The van der Waals surface area contributed by atoms with Gasteiger partial charge in [-0.1, -0.05) is 18.2 Å². The zero-order valence-electron chi connectivity index (χ0n) is 13.2. The molecular weight excluding hydrogens is 289 g/mol. The summed E-state index contributed by atoms with van der Waals surface area (Å²) in [5.74, 6) is 0. The van der Waals surface area contributed by atoms with Gasteiger partial charge in [0, 0.05) is 18.6 Å². The van der Waals surface area contributed by atoms with Gasteiger partial charge in [-0.25, -0.2) is 0 Å². The summed E-state index contributed by atoms with van der Waals surface area (Å²) in [6.45, 7) is 7.49. The average molecular weight is 310 g/mol. The molecule has 0 spiro atoms. The van der Waals surface area contributed by atoms with Crippen molar-refractivity contribution in [3.05, 3.63) is 35.4 Å².